The van der Waals surface area contributed by atoms with Gasteiger partial charge in [-0.2, -0.15) is 0 Å². The summed E-state index contributed by atoms with van der Waals surface area (Å²) >= 11 is 6.07. The minimum atomic E-state index is -0.246. The summed E-state index contributed by atoms with van der Waals surface area (Å²) in [6.45, 7) is 1.03. The lowest BCUT2D eigenvalue weighted by Gasteiger charge is -2.29. The molecule has 0 saturated heterocycles. The Morgan fingerprint density at radius 3 is 3.13 bits per heavy atom. The molecule has 2 nitrogen and oxygen atoms in total. The number of benzene rings is 1. The average Bonchev–Trinajstić information content (AvgIpc) is 2.23. The van der Waals surface area contributed by atoms with Gasteiger partial charge in [0.1, 0.15) is 5.82 Å². The summed E-state index contributed by atoms with van der Waals surface area (Å²) in [6.07, 6.45) is -0.235. The van der Waals surface area contributed by atoms with Crippen molar-refractivity contribution < 1.29 is 9.13 Å². The molecule has 2 unspecified atom stereocenters. The van der Waals surface area contributed by atoms with Crippen LogP contribution in [0.3, 0.4) is 0 Å². The fraction of sp³-hybridized carbons (Fsp3) is 0.455. The zero-order valence-corrected chi connectivity index (χ0v) is 9.22. The Morgan fingerprint density at radius 2 is 2.40 bits per heavy atom. The summed E-state index contributed by atoms with van der Waals surface area (Å²) in [4.78, 5) is 0. The number of rotatable bonds is 2. The summed E-state index contributed by atoms with van der Waals surface area (Å²) in [5.41, 5.74) is 1.45. The predicted molar refractivity (Wildman–Crippen MR) is 57.6 cm³/mol. The molecule has 1 aliphatic heterocycles. The van der Waals surface area contributed by atoms with E-state index in [-0.39, 0.29) is 17.3 Å². The van der Waals surface area contributed by atoms with Gasteiger partial charge in [0, 0.05) is 12.1 Å². The maximum absolute atomic E-state index is 13.7. The molecule has 1 aromatic carbocycles. The number of nitrogens with one attached hydrogen (secondary N) is 1. The lowest BCUT2D eigenvalue weighted by atomic mass is 9.96. The Kier molecular flexibility index (Phi) is 3.24. The van der Waals surface area contributed by atoms with Gasteiger partial charge in [0.05, 0.1) is 18.1 Å². The summed E-state index contributed by atoms with van der Waals surface area (Å²) in [7, 11) is 1.82. The van der Waals surface area contributed by atoms with Crippen LogP contribution in [0.5, 0.6) is 0 Å². The van der Waals surface area contributed by atoms with Gasteiger partial charge in [0.2, 0.25) is 0 Å². The molecule has 82 valence electrons. The van der Waals surface area contributed by atoms with Crippen LogP contribution in [0.1, 0.15) is 22.6 Å². The van der Waals surface area contributed by atoms with E-state index in [0.29, 0.717) is 18.7 Å². The molecule has 1 aromatic rings. The van der Waals surface area contributed by atoms with Crippen LogP contribution in [-0.2, 0) is 4.74 Å². The van der Waals surface area contributed by atoms with Crippen LogP contribution in [0.15, 0.2) is 18.2 Å². The first kappa shape index (κ1) is 10.9. The van der Waals surface area contributed by atoms with E-state index >= 15 is 0 Å². The Hall–Kier alpha value is -0.640. The van der Waals surface area contributed by atoms with Crippen molar-refractivity contribution in [3.05, 3.63) is 35.1 Å². The molecule has 15 heavy (non-hydrogen) atoms. The number of ether oxygens (including phenoxy) is 1. The third-order valence-corrected chi connectivity index (χ3v) is 2.94. The van der Waals surface area contributed by atoms with Crippen molar-refractivity contribution in [3.8, 4) is 0 Å². The van der Waals surface area contributed by atoms with Gasteiger partial charge in [-0.25, -0.2) is 4.39 Å². The van der Waals surface area contributed by atoms with E-state index in [1.807, 2.05) is 13.1 Å². The second kappa shape index (κ2) is 4.47. The van der Waals surface area contributed by atoms with Crippen LogP contribution in [0.4, 0.5) is 4.39 Å². The Labute approximate surface area is 93.4 Å². The lowest BCUT2D eigenvalue weighted by Crippen LogP contribution is -2.27. The lowest BCUT2D eigenvalue weighted by molar-refractivity contribution is 0.0384. The molecule has 0 aliphatic carbocycles. The van der Waals surface area contributed by atoms with Crippen molar-refractivity contribution in [2.75, 3.05) is 20.2 Å². The van der Waals surface area contributed by atoms with Crippen molar-refractivity contribution in [3.63, 3.8) is 0 Å². The third-order valence-electron chi connectivity index (χ3n) is 2.58. The van der Waals surface area contributed by atoms with Gasteiger partial charge in [0.25, 0.3) is 0 Å². The highest BCUT2D eigenvalue weighted by Gasteiger charge is 2.28. The van der Waals surface area contributed by atoms with E-state index in [1.54, 1.807) is 6.07 Å². The number of halogens is 2. The monoisotopic (exact) mass is 229 g/mol. The van der Waals surface area contributed by atoms with Crippen LogP contribution in [0, 0.1) is 5.82 Å². The Morgan fingerprint density at radius 1 is 1.60 bits per heavy atom. The molecule has 2 rings (SSSR count). The summed E-state index contributed by atoms with van der Waals surface area (Å²) in [6, 6.07) is 4.99. The topological polar surface area (TPSA) is 21.3 Å². The van der Waals surface area contributed by atoms with Gasteiger partial charge < -0.3 is 10.1 Å². The maximum Gasteiger partial charge on any atom is 0.129 e. The molecule has 0 spiro atoms. The van der Waals surface area contributed by atoms with Crippen molar-refractivity contribution >= 4 is 11.6 Å². The molecule has 4 heteroatoms. The number of likely N-dealkylation sites (N-methyl/N-ethyl adjacent to an activating group) is 1. The molecule has 0 radical (unpaired) electrons. The van der Waals surface area contributed by atoms with E-state index in [2.05, 4.69) is 5.32 Å². The van der Waals surface area contributed by atoms with Gasteiger partial charge in [0.15, 0.2) is 0 Å². The first-order valence-electron chi connectivity index (χ1n) is 4.92. The second-order valence-corrected chi connectivity index (χ2v) is 4.12. The molecule has 1 N–H and O–H groups in total. The first-order chi connectivity index (χ1) is 7.24. The summed E-state index contributed by atoms with van der Waals surface area (Å²) in [5.74, 6) is -0.238. The van der Waals surface area contributed by atoms with E-state index < -0.39 is 0 Å². The molecule has 1 heterocycles. The summed E-state index contributed by atoms with van der Waals surface area (Å²) in [5, 5.41) is 2.74. The minimum absolute atomic E-state index is 0.235. The highest BCUT2D eigenvalue weighted by molar-refractivity contribution is 6.21. The smallest absolute Gasteiger partial charge is 0.129 e. The molecule has 0 bridgehead atoms. The van der Waals surface area contributed by atoms with Crippen molar-refractivity contribution in [2.24, 2.45) is 0 Å². The minimum Gasteiger partial charge on any atom is -0.370 e. The zero-order chi connectivity index (χ0) is 10.8. The molecule has 1 aliphatic rings. The standard InChI is InChI=1S/C11H13ClFNO/c1-14-5-10-11-7(8(12)6-15-10)3-2-4-9(11)13/h2-4,8,10,14H,5-6H2,1H3. The largest absolute Gasteiger partial charge is 0.370 e. The van der Waals surface area contributed by atoms with Crippen LogP contribution in [0.2, 0.25) is 0 Å². The van der Waals surface area contributed by atoms with Crippen LogP contribution in [-0.4, -0.2) is 20.2 Å². The van der Waals surface area contributed by atoms with Gasteiger partial charge in [-0.15, -0.1) is 11.6 Å². The SMILES string of the molecule is CNCC1OCC(Cl)c2cccc(F)c21. The quantitative estimate of drug-likeness (QED) is 0.787. The first-order valence-corrected chi connectivity index (χ1v) is 5.36. The fourth-order valence-corrected chi connectivity index (χ4v) is 2.15. The van der Waals surface area contributed by atoms with Crippen molar-refractivity contribution in [1.82, 2.24) is 5.32 Å². The zero-order valence-electron chi connectivity index (χ0n) is 8.47. The molecule has 0 aromatic heterocycles. The second-order valence-electron chi connectivity index (χ2n) is 3.59. The number of hydrogen-bond acceptors (Lipinski definition) is 2. The van der Waals surface area contributed by atoms with E-state index in [4.69, 9.17) is 16.3 Å². The summed E-state index contributed by atoms with van der Waals surface area (Å²) < 4.78 is 19.2. The predicted octanol–water partition coefficient (Wildman–Crippen LogP) is 2.40. The van der Waals surface area contributed by atoms with Crippen LogP contribution in [0.25, 0.3) is 0 Å². The molecular weight excluding hydrogens is 217 g/mol. The average molecular weight is 230 g/mol. The van der Waals surface area contributed by atoms with E-state index in [0.717, 1.165) is 5.56 Å². The molecule has 0 saturated carbocycles. The third kappa shape index (κ3) is 2.00. The van der Waals surface area contributed by atoms with Crippen molar-refractivity contribution in [1.29, 1.82) is 0 Å². The van der Waals surface area contributed by atoms with E-state index in [1.165, 1.54) is 6.07 Å². The Bertz CT molecular complexity index is 358. The molecular formula is C11H13ClFNO. The van der Waals surface area contributed by atoms with Crippen LogP contribution >= 0.6 is 11.6 Å². The van der Waals surface area contributed by atoms with Gasteiger partial charge in [-0.3, -0.25) is 0 Å². The highest BCUT2D eigenvalue weighted by Crippen LogP contribution is 2.37. The van der Waals surface area contributed by atoms with Gasteiger partial charge in [-0.1, -0.05) is 12.1 Å². The number of hydrogen-bond donors (Lipinski definition) is 1. The van der Waals surface area contributed by atoms with Crippen molar-refractivity contribution in [2.45, 2.75) is 11.5 Å². The van der Waals surface area contributed by atoms with Crippen LogP contribution < -0.4 is 5.32 Å². The van der Waals surface area contributed by atoms with Gasteiger partial charge in [-0.05, 0) is 18.7 Å². The molecule has 0 fully saturated rings. The highest BCUT2D eigenvalue weighted by atomic mass is 35.5. The Balaban J connectivity index is 2.42. The number of alkyl halides is 1. The van der Waals surface area contributed by atoms with E-state index in [9.17, 15) is 4.39 Å². The number of fused-ring (bicyclic) bond motifs is 1. The normalized spacial score (nSPS) is 25.0. The molecule has 2 atom stereocenters. The maximum atomic E-state index is 13.7. The fourth-order valence-electron chi connectivity index (χ4n) is 1.89. The van der Waals surface area contributed by atoms with Gasteiger partial charge >= 0.3 is 0 Å². The molecule has 0 amide bonds.